The van der Waals surface area contributed by atoms with Gasteiger partial charge < -0.3 is 5.32 Å². The van der Waals surface area contributed by atoms with Gasteiger partial charge in [-0.1, -0.05) is 0 Å². The standard InChI is InChI=1S/C15H25N5O3S/c1-12(18-5-3-4-6-18)15(21)16-10-13-9-14-11-19(24(2,22)23)7-8-20(14)17-13/h9,12H,3-8,10-11H2,1-2H3,(H,16,21)/t12-/m0/s1. The summed E-state index contributed by atoms with van der Waals surface area (Å²) in [7, 11) is -3.19. The van der Waals surface area contributed by atoms with Crippen molar-refractivity contribution < 1.29 is 13.2 Å². The van der Waals surface area contributed by atoms with Crippen LogP contribution in [0.4, 0.5) is 0 Å². The van der Waals surface area contributed by atoms with Gasteiger partial charge in [-0.3, -0.25) is 14.4 Å². The third-order valence-electron chi connectivity index (χ3n) is 4.79. The number of rotatable bonds is 5. The molecule has 0 aliphatic carbocycles. The van der Waals surface area contributed by atoms with Gasteiger partial charge in [0, 0.05) is 6.54 Å². The first-order valence-corrected chi connectivity index (χ1v) is 10.2. The molecule has 0 unspecified atom stereocenters. The molecule has 9 heteroatoms. The van der Waals surface area contributed by atoms with Crippen molar-refractivity contribution in [3.8, 4) is 0 Å². The maximum Gasteiger partial charge on any atom is 0.237 e. The third-order valence-corrected chi connectivity index (χ3v) is 6.04. The Morgan fingerprint density at radius 3 is 2.67 bits per heavy atom. The van der Waals surface area contributed by atoms with Gasteiger partial charge in [0.25, 0.3) is 0 Å². The van der Waals surface area contributed by atoms with Crippen LogP contribution in [0.1, 0.15) is 31.2 Å². The zero-order chi connectivity index (χ0) is 17.3. The summed E-state index contributed by atoms with van der Waals surface area (Å²) >= 11 is 0. The van der Waals surface area contributed by atoms with E-state index < -0.39 is 10.0 Å². The molecule has 3 heterocycles. The van der Waals surface area contributed by atoms with E-state index in [0.29, 0.717) is 26.2 Å². The number of nitrogens with zero attached hydrogens (tertiary/aromatic N) is 4. The van der Waals surface area contributed by atoms with Crippen LogP contribution in [0.3, 0.4) is 0 Å². The van der Waals surface area contributed by atoms with Crippen molar-refractivity contribution in [2.45, 2.75) is 45.4 Å². The van der Waals surface area contributed by atoms with E-state index in [1.54, 1.807) is 0 Å². The Bertz CT molecular complexity index is 709. The predicted molar refractivity (Wildman–Crippen MR) is 89.6 cm³/mol. The van der Waals surface area contributed by atoms with Gasteiger partial charge in [-0.05, 0) is 38.9 Å². The Labute approximate surface area is 142 Å². The molecule has 2 aliphatic rings. The Morgan fingerprint density at radius 1 is 1.29 bits per heavy atom. The summed E-state index contributed by atoms with van der Waals surface area (Å²) in [4.78, 5) is 14.4. The lowest BCUT2D eigenvalue weighted by molar-refractivity contribution is -0.125. The Hall–Kier alpha value is -1.45. The van der Waals surface area contributed by atoms with Crippen molar-refractivity contribution >= 4 is 15.9 Å². The molecule has 0 radical (unpaired) electrons. The summed E-state index contributed by atoms with van der Waals surface area (Å²) in [6.45, 7) is 5.58. The molecule has 24 heavy (non-hydrogen) atoms. The number of hydrogen-bond acceptors (Lipinski definition) is 5. The number of amides is 1. The van der Waals surface area contributed by atoms with Gasteiger partial charge in [0.2, 0.25) is 15.9 Å². The maximum atomic E-state index is 12.3. The number of hydrogen-bond donors (Lipinski definition) is 1. The fourth-order valence-corrected chi connectivity index (χ4v) is 4.07. The molecule has 0 bridgehead atoms. The number of carbonyl (C=O) groups is 1. The highest BCUT2D eigenvalue weighted by Gasteiger charge is 2.26. The van der Waals surface area contributed by atoms with Crippen LogP contribution in [0.25, 0.3) is 0 Å². The second kappa shape index (κ2) is 6.81. The van der Waals surface area contributed by atoms with E-state index in [0.717, 1.165) is 37.3 Å². The topological polar surface area (TPSA) is 87.5 Å². The molecule has 1 aromatic rings. The van der Waals surface area contributed by atoms with Crippen molar-refractivity contribution in [1.29, 1.82) is 0 Å². The monoisotopic (exact) mass is 355 g/mol. The minimum absolute atomic E-state index is 0.0145. The number of fused-ring (bicyclic) bond motifs is 1. The van der Waals surface area contributed by atoms with Crippen LogP contribution in [0.5, 0.6) is 0 Å². The van der Waals surface area contributed by atoms with Crippen LogP contribution in [-0.4, -0.2) is 65.2 Å². The molecule has 0 aromatic carbocycles. The normalized spacial score (nSPS) is 20.8. The number of likely N-dealkylation sites (tertiary alicyclic amines) is 1. The largest absolute Gasteiger partial charge is 0.349 e. The number of carbonyl (C=O) groups excluding carboxylic acids is 1. The lowest BCUT2D eigenvalue weighted by atomic mass is 10.2. The summed E-state index contributed by atoms with van der Waals surface area (Å²) in [5.41, 5.74) is 1.63. The van der Waals surface area contributed by atoms with Crippen molar-refractivity contribution in [2.24, 2.45) is 0 Å². The van der Waals surface area contributed by atoms with Crippen LogP contribution < -0.4 is 5.32 Å². The fourth-order valence-electron chi connectivity index (χ4n) is 3.29. The second-order valence-corrected chi connectivity index (χ2v) is 8.57. The lowest BCUT2D eigenvalue weighted by Gasteiger charge is -2.25. The molecular formula is C15H25N5O3S. The highest BCUT2D eigenvalue weighted by Crippen LogP contribution is 2.16. The molecule has 1 N–H and O–H groups in total. The average Bonchev–Trinajstić information content (AvgIpc) is 3.19. The molecule has 1 aromatic heterocycles. The van der Waals surface area contributed by atoms with E-state index >= 15 is 0 Å². The predicted octanol–water partition coefficient (Wildman–Crippen LogP) is -0.241. The van der Waals surface area contributed by atoms with Gasteiger partial charge >= 0.3 is 0 Å². The molecule has 8 nitrogen and oxygen atoms in total. The lowest BCUT2D eigenvalue weighted by Crippen LogP contribution is -2.43. The van der Waals surface area contributed by atoms with Crippen LogP contribution in [0, 0.1) is 0 Å². The zero-order valence-corrected chi connectivity index (χ0v) is 15.0. The summed E-state index contributed by atoms with van der Waals surface area (Å²) in [6.07, 6.45) is 3.53. The summed E-state index contributed by atoms with van der Waals surface area (Å²) in [6, 6.07) is 1.75. The molecule has 0 spiro atoms. The molecule has 1 saturated heterocycles. The molecule has 134 valence electrons. The summed E-state index contributed by atoms with van der Waals surface area (Å²) < 4.78 is 26.6. The molecule has 2 aliphatic heterocycles. The van der Waals surface area contributed by atoms with E-state index in [1.165, 1.54) is 10.6 Å². The Kier molecular flexibility index (Phi) is 4.93. The van der Waals surface area contributed by atoms with Gasteiger partial charge in [0.15, 0.2) is 0 Å². The van der Waals surface area contributed by atoms with Crippen LogP contribution >= 0.6 is 0 Å². The van der Waals surface area contributed by atoms with Gasteiger partial charge in [0.05, 0.1) is 43.3 Å². The molecule has 1 amide bonds. The van der Waals surface area contributed by atoms with Gasteiger partial charge in [-0.15, -0.1) is 0 Å². The van der Waals surface area contributed by atoms with Crippen molar-refractivity contribution in [1.82, 2.24) is 24.3 Å². The summed E-state index contributed by atoms with van der Waals surface area (Å²) in [5, 5.41) is 7.40. The fraction of sp³-hybridized carbons (Fsp3) is 0.733. The highest BCUT2D eigenvalue weighted by atomic mass is 32.2. The first-order valence-electron chi connectivity index (χ1n) is 8.37. The summed E-state index contributed by atoms with van der Waals surface area (Å²) in [5.74, 6) is 0.0145. The molecule has 3 rings (SSSR count). The van der Waals surface area contributed by atoms with Crippen LogP contribution in [0.2, 0.25) is 0 Å². The quantitative estimate of drug-likeness (QED) is 0.788. The van der Waals surface area contributed by atoms with E-state index in [1.807, 2.05) is 17.7 Å². The first-order chi connectivity index (χ1) is 11.3. The van der Waals surface area contributed by atoms with E-state index in [4.69, 9.17) is 0 Å². The highest BCUT2D eigenvalue weighted by molar-refractivity contribution is 7.88. The minimum Gasteiger partial charge on any atom is -0.349 e. The zero-order valence-electron chi connectivity index (χ0n) is 14.2. The Morgan fingerprint density at radius 2 is 2.00 bits per heavy atom. The second-order valence-electron chi connectivity index (χ2n) is 6.58. The Balaban J connectivity index is 1.57. The van der Waals surface area contributed by atoms with E-state index in [2.05, 4.69) is 15.3 Å². The van der Waals surface area contributed by atoms with Gasteiger partial charge in [-0.25, -0.2) is 8.42 Å². The van der Waals surface area contributed by atoms with Crippen molar-refractivity contribution in [3.05, 3.63) is 17.5 Å². The average molecular weight is 355 g/mol. The van der Waals surface area contributed by atoms with Crippen LogP contribution in [0.15, 0.2) is 6.07 Å². The molecule has 0 saturated carbocycles. The number of sulfonamides is 1. The first kappa shape index (κ1) is 17.4. The van der Waals surface area contributed by atoms with Crippen LogP contribution in [-0.2, 0) is 34.5 Å². The minimum atomic E-state index is -3.19. The number of aromatic nitrogens is 2. The van der Waals surface area contributed by atoms with Gasteiger partial charge in [-0.2, -0.15) is 9.40 Å². The molecule has 1 fully saturated rings. The van der Waals surface area contributed by atoms with Gasteiger partial charge in [0.1, 0.15) is 0 Å². The SMILES string of the molecule is C[C@@H](C(=O)NCc1cc2n(n1)CCN(S(C)(=O)=O)C2)N1CCCC1. The molecule has 1 atom stereocenters. The number of nitrogens with one attached hydrogen (secondary N) is 1. The van der Waals surface area contributed by atoms with E-state index in [9.17, 15) is 13.2 Å². The molecular weight excluding hydrogens is 330 g/mol. The van der Waals surface area contributed by atoms with E-state index in [-0.39, 0.29) is 11.9 Å². The van der Waals surface area contributed by atoms with Crippen molar-refractivity contribution in [3.63, 3.8) is 0 Å². The third kappa shape index (κ3) is 3.79. The maximum absolute atomic E-state index is 12.3. The smallest absolute Gasteiger partial charge is 0.237 e. The van der Waals surface area contributed by atoms with Crippen molar-refractivity contribution in [2.75, 3.05) is 25.9 Å².